The van der Waals surface area contributed by atoms with Crippen molar-refractivity contribution in [3.63, 3.8) is 0 Å². The molecule has 11 heteroatoms. The number of aromatic nitrogens is 1. The highest BCUT2D eigenvalue weighted by Gasteiger charge is 2.19. The number of nitrogens with two attached hydrogens (primary N) is 1. The first kappa shape index (κ1) is 26.3. The fraction of sp³-hybridized carbons (Fsp3) is 0.348. The monoisotopic (exact) mass is 471 g/mol. The number of Topliss-reactive ketones (excluding diaryl/α,β-unsaturated/α-hetero) is 1. The quantitative estimate of drug-likeness (QED) is 0.132. The molecule has 0 fully saturated rings. The Morgan fingerprint density at radius 1 is 1.09 bits per heavy atom. The smallest absolute Gasteiger partial charge is 0.303 e. The van der Waals surface area contributed by atoms with Crippen LogP contribution in [0, 0.1) is 0 Å². The summed E-state index contributed by atoms with van der Waals surface area (Å²) >= 11 is 0. The van der Waals surface area contributed by atoms with Crippen LogP contribution in [0.4, 0.5) is 5.69 Å². The molecule has 11 nitrogen and oxygen atoms in total. The summed E-state index contributed by atoms with van der Waals surface area (Å²) < 4.78 is 5.49. The fourth-order valence-electron chi connectivity index (χ4n) is 2.87. The summed E-state index contributed by atoms with van der Waals surface area (Å²) in [5.41, 5.74) is 6.46. The number of carboxylic acid groups (broad SMARTS) is 1. The number of hydrogen-bond acceptors (Lipinski definition) is 8. The molecule has 2 amide bonds. The van der Waals surface area contributed by atoms with Crippen LogP contribution in [0.1, 0.15) is 25.0 Å². The van der Waals surface area contributed by atoms with Gasteiger partial charge >= 0.3 is 5.97 Å². The SMILES string of the molecule is NC(=O)CC(=O)CNC(Nc1ccc(OCCCC(=O)O)cc1)C(=O)NCCc1ccccn1. The number of ether oxygens (including phenoxy) is 1. The molecule has 0 saturated heterocycles. The molecular formula is C23H29N5O6. The summed E-state index contributed by atoms with van der Waals surface area (Å²) in [6, 6.07) is 12.3. The first-order valence-electron chi connectivity index (χ1n) is 10.8. The number of aliphatic carboxylic acids is 1. The molecule has 0 radical (unpaired) electrons. The van der Waals surface area contributed by atoms with Gasteiger partial charge < -0.3 is 26.2 Å². The second-order valence-electron chi connectivity index (χ2n) is 7.37. The predicted octanol–water partition coefficient (Wildman–Crippen LogP) is 0.456. The van der Waals surface area contributed by atoms with Gasteiger partial charge in [-0.05, 0) is 42.8 Å². The van der Waals surface area contributed by atoms with Crippen molar-refractivity contribution in [2.75, 3.05) is 25.0 Å². The van der Waals surface area contributed by atoms with Crippen molar-refractivity contribution in [3.8, 4) is 5.75 Å². The lowest BCUT2D eigenvalue weighted by Crippen LogP contribution is -2.51. The third kappa shape index (κ3) is 10.6. The van der Waals surface area contributed by atoms with Crippen molar-refractivity contribution in [3.05, 3.63) is 54.4 Å². The normalized spacial score (nSPS) is 11.3. The van der Waals surface area contributed by atoms with Gasteiger partial charge in [0, 0.05) is 37.0 Å². The highest BCUT2D eigenvalue weighted by atomic mass is 16.5. The molecule has 34 heavy (non-hydrogen) atoms. The minimum atomic E-state index is -0.956. The summed E-state index contributed by atoms with van der Waals surface area (Å²) in [4.78, 5) is 50.3. The zero-order valence-electron chi connectivity index (χ0n) is 18.7. The van der Waals surface area contributed by atoms with Crippen molar-refractivity contribution in [2.24, 2.45) is 5.73 Å². The molecule has 1 aromatic carbocycles. The van der Waals surface area contributed by atoms with Crippen molar-refractivity contribution in [1.82, 2.24) is 15.6 Å². The predicted molar refractivity (Wildman–Crippen MR) is 124 cm³/mol. The van der Waals surface area contributed by atoms with E-state index < -0.39 is 36.2 Å². The number of amides is 2. The Kier molecular flexibility index (Phi) is 11.0. The van der Waals surface area contributed by atoms with Crippen LogP contribution in [-0.4, -0.2) is 59.5 Å². The number of nitrogens with one attached hydrogen (secondary N) is 3. The van der Waals surface area contributed by atoms with Gasteiger partial charge in [-0.2, -0.15) is 0 Å². The van der Waals surface area contributed by atoms with Crippen LogP contribution in [0.3, 0.4) is 0 Å². The summed E-state index contributed by atoms with van der Waals surface area (Å²) in [6.07, 6.45) is 1.24. The van der Waals surface area contributed by atoms with Crippen molar-refractivity contribution in [2.45, 2.75) is 31.8 Å². The number of hydrogen-bond donors (Lipinski definition) is 5. The average Bonchev–Trinajstić information content (AvgIpc) is 2.80. The Morgan fingerprint density at radius 2 is 1.85 bits per heavy atom. The highest BCUT2D eigenvalue weighted by Crippen LogP contribution is 2.16. The largest absolute Gasteiger partial charge is 0.494 e. The lowest BCUT2D eigenvalue weighted by Gasteiger charge is -2.21. The third-order valence-electron chi connectivity index (χ3n) is 4.51. The van der Waals surface area contributed by atoms with Crippen LogP contribution < -0.4 is 26.4 Å². The number of pyridine rings is 1. The third-order valence-corrected chi connectivity index (χ3v) is 4.51. The van der Waals surface area contributed by atoms with E-state index in [4.69, 9.17) is 15.6 Å². The second kappa shape index (κ2) is 14.2. The molecule has 1 unspecified atom stereocenters. The van der Waals surface area contributed by atoms with Gasteiger partial charge in [-0.25, -0.2) is 0 Å². The summed E-state index contributed by atoms with van der Waals surface area (Å²) in [5.74, 6) is -1.90. The van der Waals surface area contributed by atoms with Crippen LogP contribution in [0.25, 0.3) is 0 Å². The van der Waals surface area contributed by atoms with Gasteiger partial charge in [-0.15, -0.1) is 0 Å². The van der Waals surface area contributed by atoms with E-state index in [0.29, 0.717) is 30.8 Å². The first-order valence-corrected chi connectivity index (χ1v) is 10.8. The maximum Gasteiger partial charge on any atom is 0.303 e. The van der Waals surface area contributed by atoms with Crippen LogP contribution in [0.2, 0.25) is 0 Å². The molecule has 2 aromatic rings. The standard InChI is InChI=1S/C23H29N5O6/c24-20(30)14-18(29)15-27-22(23(33)26-12-10-16-4-1-2-11-25-16)28-17-6-8-19(9-7-17)34-13-3-5-21(31)32/h1-2,4,6-9,11,22,27-28H,3,5,10,12-15H2,(H2,24,30)(H,26,33)(H,31,32). The summed E-state index contributed by atoms with van der Waals surface area (Å²) in [6.45, 7) is 0.386. The van der Waals surface area contributed by atoms with E-state index in [0.717, 1.165) is 5.69 Å². The Bertz CT molecular complexity index is 952. The Labute approximate surface area is 197 Å². The highest BCUT2D eigenvalue weighted by molar-refractivity contribution is 5.98. The first-order chi connectivity index (χ1) is 16.3. The van der Waals surface area contributed by atoms with E-state index in [9.17, 15) is 19.2 Å². The lowest BCUT2D eigenvalue weighted by molar-refractivity contribution is -0.137. The number of primary amides is 1. The summed E-state index contributed by atoms with van der Waals surface area (Å²) in [7, 11) is 0. The van der Waals surface area contributed by atoms with E-state index in [2.05, 4.69) is 20.9 Å². The average molecular weight is 472 g/mol. The van der Waals surface area contributed by atoms with Crippen LogP contribution in [-0.2, 0) is 25.6 Å². The van der Waals surface area contributed by atoms with E-state index in [-0.39, 0.29) is 19.6 Å². The number of anilines is 1. The van der Waals surface area contributed by atoms with Crippen LogP contribution >= 0.6 is 0 Å². The number of benzene rings is 1. The number of ketones is 1. The molecule has 6 N–H and O–H groups in total. The van der Waals surface area contributed by atoms with E-state index >= 15 is 0 Å². The molecule has 1 heterocycles. The minimum Gasteiger partial charge on any atom is -0.494 e. The van der Waals surface area contributed by atoms with Gasteiger partial charge in [0.05, 0.1) is 19.6 Å². The van der Waals surface area contributed by atoms with Crippen molar-refractivity contribution in [1.29, 1.82) is 0 Å². The maximum atomic E-state index is 12.7. The van der Waals surface area contributed by atoms with E-state index in [1.165, 1.54) is 0 Å². The van der Waals surface area contributed by atoms with Crippen molar-refractivity contribution < 1.29 is 29.0 Å². The van der Waals surface area contributed by atoms with E-state index in [1.807, 2.05) is 12.1 Å². The lowest BCUT2D eigenvalue weighted by atomic mass is 10.2. The maximum absolute atomic E-state index is 12.7. The molecular weight excluding hydrogens is 442 g/mol. The number of rotatable bonds is 16. The van der Waals surface area contributed by atoms with Gasteiger partial charge in [0.2, 0.25) is 5.91 Å². The molecule has 0 aliphatic heterocycles. The minimum absolute atomic E-state index is 0.0247. The van der Waals surface area contributed by atoms with Crippen LogP contribution in [0.15, 0.2) is 48.7 Å². The van der Waals surface area contributed by atoms with Crippen LogP contribution in [0.5, 0.6) is 5.75 Å². The topological polar surface area (TPSA) is 173 Å². The van der Waals surface area contributed by atoms with Gasteiger partial charge in [-0.3, -0.25) is 29.5 Å². The molecule has 0 saturated carbocycles. The second-order valence-corrected chi connectivity index (χ2v) is 7.37. The van der Waals surface area contributed by atoms with Gasteiger partial charge in [0.25, 0.3) is 5.91 Å². The number of carbonyl (C=O) groups is 4. The molecule has 1 aromatic heterocycles. The molecule has 0 bridgehead atoms. The molecule has 1 atom stereocenters. The van der Waals surface area contributed by atoms with Gasteiger partial charge in [0.1, 0.15) is 5.75 Å². The zero-order valence-corrected chi connectivity index (χ0v) is 18.7. The Morgan fingerprint density at radius 3 is 2.50 bits per heavy atom. The summed E-state index contributed by atoms with van der Waals surface area (Å²) in [5, 5.41) is 17.3. The molecule has 0 spiro atoms. The molecule has 0 aliphatic rings. The van der Waals surface area contributed by atoms with Crippen molar-refractivity contribution >= 4 is 29.3 Å². The zero-order chi connectivity index (χ0) is 24.8. The molecule has 0 aliphatic carbocycles. The number of nitrogens with zero attached hydrogens (tertiary/aromatic N) is 1. The Balaban J connectivity index is 1.93. The number of carbonyl (C=O) groups excluding carboxylic acids is 3. The van der Waals surface area contributed by atoms with Gasteiger partial charge in [-0.1, -0.05) is 6.07 Å². The molecule has 2 rings (SSSR count). The molecule has 182 valence electrons. The Hall–Kier alpha value is -3.99. The fourth-order valence-corrected chi connectivity index (χ4v) is 2.87. The number of carboxylic acids is 1. The van der Waals surface area contributed by atoms with Gasteiger partial charge in [0.15, 0.2) is 11.9 Å². The van der Waals surface area contributed by atoms with E-state index in [1.54, 1.807) is 36.5 Å².